The molecule has 0 aliphatic carbocycles. The van der Waals surface area contributed by atoms with Crippen molar-refractivity contribution in [2.75, 3.05) is 5.32 Å². The van der Waals surface area contributed by atoms with Gasteiger partial charge in [-0.05, 0) is 60.7 Å². The molecule has 0 unspecified atom stereocenters. The standard InChI is InChI=1S/C18H14ClN3OS/c19-14-8-6-13(7-9-14)17-11-10-16(23-17)12-20-22-18(24)21-15-4-2-1-3-5-15/h1-12H,(H2,21,22,24)/b20-12-. The molecule has 0 amide bonds. The molecule has 0 atom stereocenters. The summed E-state index contributed by atoms with van der Waals surface area (Å²) in [7, 11) is 0. The van der Waals surface area contributed by atoms with E-state index in [-0.39, 0.29) is 0 Å². The van der Waals surface area contributed by atoms with E-state index in [0.29, 0.717) is 15.9 Å². The zero-order valence-corrected chi connectivity index (χ0v) is 14.1. The zero-order valence-electron chi connectivity index (χ0n) is 12.6. The number of hydrogen-bond donors (Lipinski definition) is 2. The highest BCUT2D eigenvalue weighted by molar-refractivity contribution is 7.80. The molecule has 2 N–H and O–H groups in total. The van der Waals surface area contributed by atoms with Gasteiger partial charge in [-0.15, -0.1) is 0 Å². The van der Waals surface area contributed by atoms with E-state index in [1.165, 1.54) is 0 Å². The van der Waals surface area contributed by atoms with Crippen molar-refractivity contribution >= 4 is 40.8 Å². The van der Waals surface area contributed by atoms with Gasteiger partial charge in [-0.1, -0.05) is 29.8 Å². The van der Waals surface area contributed by atoms with Crippen molar-refractivity contribution in [2.24, 2.45) is 5.10 Å². The topological polar surface area (TPSA) is 49.6 Å². The maximum absolute atomic E-state index is 5.88. The van der Waals surface area contributed by atoms with Gasteiger partial charge in [0.2, 0.25) is 0 Å². The number of nitrogens with one attached hydrogen (secondary N) is 2. The molecule has 4 nitrogen and oxygen atoms in total. The fourth-order valence-electron chi connectivity index (χ4n) is 2.03. The highest BCUT2D eigenvalue weighted by Crippen LogP contribution is 2.23. The molecule has 0 saturated carbocycles. The van der Waals surface area contributed by atoms with Crippen molar-refractivity contribution in [3.8, 4) is 11.3 Å². The number of hydrazone groups is 1. The summed E-state index contributed by atoms with van der Waals surface area (Å²) in [5, 5.41) is 8.19. The normalized spacial score (nSPS) is 10.7. The lowest BCUT2D eigenvalue weighted by Crippen LogP contribution is -2.23. The molecule has 3 aromatic rings. The number of rotatable bonds is 4. The third kappa shape index (κ3) is 4.44. The minimum atomic E-state index is 0.405. The summed E-state index contributed by atoms with van der Waals surface area (Å²) in [5.41, 5.74) is 4.60. The fraction of sp³-hybridized carbons (Fsp3) is 0. The smallest absolute Gasteiger partial charge is 0.191 e. The first kappa shape index (κ1) is 16.2. The Morgan fingerprint density at radius 2 is 1.75 bits per heavy atom. The van der Waals surface area contributed by atoms with Gasteiger partial charge in [-0.25, -0.2) is 0 Å². The first-order valence-electron chi connectivity index (χ1n) is 7.21. The van der Waals surface area contributed by atoms with Crippen molar-refractivity contribution in [3.63, 3.8) is 0 Å². The van der Waals surface area contributed by atoms with Crippen LogP contribution in [0.1, 0.15) is 5.76 Å². The second kappa shape index (κ2) is 7.77. The predicted octanol–water partition coefficient (Wildman–Crippen LogP) is 4.92. The predicted molar refractivity (Wildman–Crippen MR) is 103 cm³/mol. The van der Waals surface area contributed by atoms with Gasteiger partial charge in [-0.2, -0.15) is 5.10 Å². The molecule has 1 heterocycles. The van der Waals surface area contributed by atoms with Crippen LogP contribution in [-0.2, 0) is 0 Å². The molecule has 24 heavy (non-hydrogen) atoms. The van der Waals surface area contributed by atoms with Gasteiger partial charge in [-0.3, -0.25) is 5.43 Å². The minimum absolute atomic E-state index is 0.405. The number of thiocarbonyl (C=S) groups is 1. The molecule has 0 bridgehead atoms. The van der Waals surface area contributed by atoms with Crippen LogP contribution in [0, 0.1) is 0 Å². The highest BCUT2D eigenvalue weighted by atomic mass is 35.5. The van der Waals surface area contributed by atoms with Gasteiger partial charge in [0.05, 0.1) is 6.21 Å². The van der Waals surface area contributed by atoms with Crippen molar-refractivity contribution in [1.29, 1.82) is 0 Å². The van der Waals surface area contributed by atoms with E-state index >= 15 is 0 Å². The lowest BCUT2D eigenvalue weighted by atomic mass is 10.2. The van der Waals surface area contributed by atoms with E-state index in [4.69, 9.17) is 28.2 Å². The molecule has 1 aromatic heterocycles. The summed E-state index contributed by atoms with van der Waals surface area (Å²) in [6, 6.07) is 20.8. The molecule has 0 spiro atoms. The van der Waals surface area contributed by atoms with E-state index < -0.39 is 0 Å². The number of furan rings is 1. The summed E-state index contributed by atoms with van der Waals surface area (Å²) in [6.45, 7) is 0. The maximum atomic E-state index is 5.88. The van der Waals surface area contributed by atoms with Gasteiger partial charge in [0, 0.05) is 16.3 Å². The average Bonchev–Trinajstić information content (AvgIpc) is 3.05. The number of hydrogen-bond acceptors (Lipinski definition) is 3. The molecule has 3 rings (SSSR count). The van der Waals surface area contributed by atoms with Gasteiger partial charge in [0.25, 0.3) is 0 Å². The molecule has 0 saturated heterocycles. The Kier molecular flexibility index (Phi) is 5.25. The third-order valence-corrected chi connectivity index (χ3v) is 3.59. The quantitative estimate of drug-likeness (QED) is 0.396. The second-order valence-corrected chi connectivity index (χ2v) is 5.74. The minimum Gasteiger partial charge on any atom is -0.455 e. The molecular weight excluding hydrogens is 342 g/mol. The van der Waals surface area contributed by atoms with Gasteiger partial charge >= 0.3 is 0 Å². The van der Waals surface area contributed by atoms with Crippen LogP contribution in [0.4, 0.5) is 5.69 Å². The summed E-state index contributed by atoms with van der Waals surface area (Å²) in [6.07, 6.45) is 1.57. The van der Waals surface area contributed by atoms with Crippen LogP contribution in [-0.4, -0.2) is 11.3 Å². The van der Waals surface area contributed by atoms with E-state index in [1.54, 1.807) is 6.21 Å². The van der Waals surface area contributed by atoms with Gasteiger partial charge in [0.1, 0.15) is 11.5 Å². The number of nitrogens with zero attached hydrogens (tertiary/aromatic N) is 1. The third-order valence-electron chi connectivity index (χ3n) is 3.15. The Morgan fingerprint density at radius 3 is 2.50 bits per heavy atom. The van der Waals surface area contributed by atoms with E-state index in [1.807, 2.05) is 66.7 Å². The Bertz CT molecular complexity index is 844. The van der Waals surface area contributed by atoms with Crippen LogP contribution in [0.3, 0.4) is 0 Å². The lowest BCUT2D eigenvalue weighted by molar-refractivity contribution is 0.574. The first-order valence-corrected chi connectivity index (χ1v) is 8.00. The molecule has 0 radical (unpaired) electrons. The molecule has 0 aliphatic heterocycles. The van der Waals surface area contributed by atoms with Crippen LogP contribution in [0.15, 0.2) is 76.2 Å². The van der Waals surface area contributed by atoms with E-state index in [2.05, 4.69) is 15.8 Å². The SMILES string of the molecule is S=C(N/N=C\c1ccc(-c2ccc(Cl)cc2)o1)Nc1ccccc1. The summed E-state index contributed by atoms with van der Waals surface area (Å²) < 4.78 is 5.71. The van der Waals surface area contributed by atoms with Crippen molar-refractivity contribution in [3.05, 3.63) is 77.5 Å². The lowest BCUT2D eigenvalue weighted by Gasteiger charge is -2.05. The Labute approximate surface area is 150 Å². The molecule has 120 valence electrons. The molecule has 0 fully saturated rings. The highest BCUT2D eigenvalue weighted by Gasteiger charge is 2.03. The van der Waals surface area contributed by atoms with Crippen LogP contribution < -0.4 is 10.7 Å². The zero-order chi connectivity index (χ0) is 16.8. The number of para-hydroxylation sites is 1. The molecule has 6 heteroatoms. The van der Waals surface area contributed by atoms with Crippen LogP contribution >= 0.6 is 23.8 Å². The monoisotopic (exact) mass is 355 g/mol. The second-order valence-electron chi connectivity index (χ2n) is 4.90. The first-order chi connectivity index (χ1) is 11.7. The summed E-state index contributed by atoms with van der Waals surface area (Å²) in [4.78, 5) is 0. The number of halogens is 1. The van der Waals surface area contributed by atoms with E-state index in [9.17, 15) is 0 Å². The van der Waals surface area contributed by atoms with Crippen molar-refractivity contribution in [2.45, 2.75) is 0 Å². The van der Waals surface area contributed by atoms with Gasteiger partial charge < -0.3 is 9.73 Å². The molecule has 0 aliphatic rings. The van der Waals surface area contributed by atoms with E-state index in [0.717, 1.165) is 17.0 Å². The van der Waals surface area contributed by atoms with Crippen LogP contribution in [0.2, 0.25) is 5.02 Å². The number of anilines is 1. The average molecular weight is 356 g/mol. The van der Waals surface area contributed by atoms with Crippen LogP contribution in [0.25, 0.3) is 11.3 Å². The fourth-order valence-corrected chi connectivity index (χ4v) is 2.32. The van der Waals surface area contributed by atoms with Crippen LogP contribution in [0.5, 0.6) is 0 Å². The summed E-state index contributed by atoms with van der Waals surface area (Å²) in [5.74, 6) is 1.37. The Balaban J connectivity index is 1.57. The summed E-state index contributed by atoms with van der Waals surface area (Å²) >= 11 is 11.0. The van der Waals surface area contributed by atoms with Crippen molar-refractivity contribution < 1.29 is 4.42 Å². The van der Waals surface area contributed by atoms with Crippen molar-refractivity contribution in [1.82, 2.24) is 5.43 Å². The Morgan fingerprint density at radius 1 is 1.00 bits per heavy atom. The molecular formula is C18H14ClN3OS. The number of benzene rings is 2. The van der Waals surface area contributed by atoms with Gasteiger partial charge in [0.15, 0.2) is 5.11 Å². The largest absolute Gasteiger partial charge is 0.455 e. The molecule has 2 aromatic carbocycles. The maximum Gasteiger partial charge on any atom is 0.191 e. The Hall–Kier alpha value is -2.63.